The second-order valence-electron chi connectivity index (χ2n) is 10.1. The fraction of sp³-hybridized carbons (Fsp3) is 0.294. The van der Waals surface area contributed by atoms with E-state index in [-0.39, 0.29) is 0 Å². The summed E-state index contributed by atoms with van der Waals surface area (Å²) in [5.41, 5.74) is 14.9. The number of ether oxygens (including phenoxy) is 3. The van der Waals surface area contributed by atoms with E-state index in [1.165, 1.54) is 11.1 Å². The Morgan fingerprint density at radius 2 is 0.979 bits per heavy atom. The van der Waals surface area contributed by atoms with E-state index in [2.05, 4.69) is 55.4 Å². The van der Waals surface area contributed by atoms with Gasteiger partial charge in [-0.1, -0.05) is 24.3 Å². The molecule has 11 nitrogen and oxygen atoms in total. The van der Waals surface area contributed by atoms with E-state index in [0.29, 0.717) is 52.5 Å². The summed E-state index contributed by atoms with van der Waals surface area (Å²) in [4.78, 5) is 23.4. The van der Waals surface area contributed by atoms with Crippen molar-refractivity contribution in [1.29, 1.82) is 0 Å². The molecule has 2 amide bonds. The predicted octanol–water partition coefficient (Wildman–Crippen LogP) is 3.74. The molecule has 0 saturated heterocycles. The van der Waals surface area contributed by atoms with Crippen LogP contribution in [0.25, 0.3) is 0 Å². The summed E-state index contributed by atoms with van der Waals surface area (Å²) in [5, 5.41) is 0. The van der Waals surface area contributed by atoms with Crippen molar-refractivity contribution in [2.45, 2.75) is 34.4 Å². The van der Waals surface area contributed by atoms with Gasteiger partial charge < -0.3 is 14.2 Å². The number of carbonyl (C=O) groups is 2. The zero-order chi connectivity index (χ0) is 32.8. The molecule has 2 aromatic heterocycles. The maximum absolute atomic E-state index is 10.6. The van der Waals surface area contributed by atoms with E-state index in [4.69, 9.17) is 14.2 Å². The van der Waals surface area contributed by atoms with Gasteiger partial charge in [-0.2, -0.15) is 0 Å². The van der Waals surface area contributed by atoms with Crippen LogP contribution in [0.3, 0.4) is 0 Å². The van der Waals surface area contributed by atoms with Crippen molar-refractivity contribution in [1.82, 2.24) is 10.9 Å². The summed E-state index contributed by atoms with van der Waals surface area (Å²) in [6.45, 7) is 4.81. The first-order valence-corrected chi connectivity index (χ1v) is 17.3. The smallest absolute Gasteiger partial charge is 0.225 e. The molecule has 0 bridgehead atoms. The number of hydrazine groups is 2. The molecule has 4 N–H and O–H groups in total. The lowest BCUT2D eigenvalue weighted by Gasteiger charge is -2.10. The number of hydrogen-bond donors (Lipinski definition) is 4. The average molecular weight is 679 g/mol. The van der Waals surface area contributed by atoms with Gasteiger partial charge in [0.05, 0.1) is 37.8 Å². The zero-order valence-electron chi connectivity index (χ0n) is 26.2. The van der Waals surface area contributed by atoms with Crippen molar-refractivity contribution in [2.75, 3.05) is 50.5 Å². The van der Waals surface area contributed by atoms with Crippen molar-refractivity contribution >= 4 is 47.7 Å². The highest BCUT2D eigenvalue weighted by atomic mass is 32.2. The van der Waals surface area contributed by atoms with Crippen LogP contribution in [-0.4, -0.2) is 52.5 Å². The van der Waals surface area contributed by atoms with Crippen molar-refractivity contribution in [2.24, 2.45) is 0 Å². The van der Waals surface area contributed by atoms with Crippen LogP contribution in [0.5, 0.6) is 0 Å². The minimum absolute atomic E-state index is 0.523. The topological polar surface area (TPSA) is 118 Å². The lowest BCUT2D eigenvalue weighted by molar-refractivity contribution is -0.698. The Balaban J connectivity index is 1.03. The summed E-state index contributed by atoms with van der Waals surface area (Å²) in [5.74, 6) is 1.61. The third-order valence-corrected chi connectivity index (χ3v) is 8.95. The van der Waals surface area contributed by atoms with Crippen LogP contribution in [0.2, 0.25) is 0 Å². The lowest BCUT2D eigenvalue weighted by atomic mass is 10.3. The number of benzene rings is 2. The summed E-state index contributed by atoms with van der Waals surface area (Å²) in [6, 6.07) is 24.0. The molecular formula is C34H42N6O5S2+2. The van der Waals surface area contributed by atoms with Gasteiger partial charge in [0.15, 0.2) is 37.9 Å². The Bertz CT molecular complexity index is 1400. The van der Waals surface area contributed by atoms with Gasteiger partial charge in [0.1, 0.15) is 13.2 Å². The first kappa shape index (κ1) is 35.7. The van der Waals surface area contributed by atoms with E-state index >= 15 is 0 Å². The van der Waals surface area contributed by atoms with Crippen LogP contribution in [0.4, 0.5) is 11.4 Å². The van der Waals surface area contributed by atoms with E-state index in [0.717, 1.165) is 45.8 Å². The first-order valence-electron chi connectivity index (χ1n) is 15.3. The van der Waals surface area contributed by atoms with Gasteiger partial charge >= 0.3 is 0 Å². The van der Waals surface area contributed by atoms with Crippen LogP contribution >= 0.6 is 23.5 Å². The molecule has 0 spiro atoms. The number of hydrogen-bond acceptors (Lipinski definition) is 9. The number of para-hydroxylation sites is 2. The van der Waals surface area contributed by atoms with Crippen LogP contribution in [0, 0.1) is 0 Å². The van der Waals surface area contributed by atoms with Gasteiger partial charge in [0, 0.05) is 44.6 Å². The summed E-state index contributed by atoms with van der Waals surface area (Å²) < 4.78 is 21.5. The van der Waals surface area contributed by atoms with E-state index < -0.39 is 0 Å². The average Bonchev–Trinajstić information content (AvgIpc) is 3.11. The molecule has 0 aliphatic carbocycles. The molecule has 47 heavy (non-hydrogen) atoms. The molecule has 0 aliphatic rings. The Kier molecular flexibility index (Phi) is 16.4. The fourth-order valence-electron chi connectivity index (χ4n) is 4.41. The molecule has 0 radical (unpaired) electrons. The Labute approximate surface area is 284 Å². The molecule has 2 aromatic carbocycles. The van der Waals surface area contributed by atoms with E-state index in [1.54, 1.807) is 23.5 Å². The first-order chi connectivity index (χ1) is 23.2. The number of rotatable bonds is 24. The van der Waals surface area contributed by atoms with Crippen LogP contribution in [0.1, 0.15) is 11.1 Å². The largest absolute Gasteiger partial charge is 0.377 e. The minimum Gasteiger partial charge on any atom is -0.377 e. The maximum atomic E-state index is 10.6. The molecule has 0 saturated carbocycles. The van der Waals surface area contributed by atoms with Gasteiger partial charge in [0.2, 0.25) is 12.8 Å². The van der Waals surface area contributed by atoms with Crippen molar-refractivity contribution in [3.05, 3.63) is 109 Å². The number of nitrogens with zero attached hydrogens (tertiary/aromatic N) is 2. The van der Waals surface area contributed by atoms with Crippen LogP contribution in [-0.2, 0) is 48.4 Å². The molecular weight excluding hydrogens is 637 g/mol. The molecule has 2 heterocycles. The van der Waals surface area contributed by atoms with Crippen molar-refractivity contribution in [3.63, 3.8) is 0 Å². The molecule has 13 heteroatoms. The fourth-order valence-corrected chi connectivity index (χ4v) is 6.30. The number of thioether (sulfide) groups is 2. The normalized spacial score (nSPS) is 10.7. The summed E-state index contributed by atoms with van der Waals surface area (Å²) in [6.07, 6.45) is 9.58. The Hall–Kier alpha value is -4.14. The van der Waals surface area contributed by atoms with E-state index in [9.17, 15) is 9.59 Å². The Morgan fingerprint density at radius 3 is 1.43 bits per heavy atom. The SMILES string of the molecule is O=CNNc1ccccc1SCc1ccc[n+](CCOCCOCCOCC[n+]2cccc(CSc3ccccc3NNC=O)c2)c1. The summed E-state index contributed by atoms with van der Waals surface area (Å²) >= 11 is 3.41. The maximum Gasteiger partial charge on any atom is 0.225 e. The molecule has 0 unspecified atom stereocenters. The standard InChI is InChI=1S/C34H40N6O5S2/c41-27-35-37-31-9-1-3-11-33(31)46-25-29-7-5-13-39(23-29)15-17-43-19-21-45-22-20-44-18-16-40-14-6-8-30(24-40)26-47-34-12-4-2-10-32(34)38-36-28-42/h1-14,23-24,27-28,37-38H,15-22,25-26H2/p+2. The number of pyridine rings is 2. The van der Waals surface area contributed by atoms with Gasteiger partial charge in [-0.15, -0.1) is 23.5 Å². The zero-order valence-corrected chi connectivity index (χ0v) is 27.8. The van der Waals surface area contributed by atoms with Gasteiger partial charge in [-0.05, 0) is 36.4 Å². The molecule has 4 aromatic rings. The number of aromatic nitrogens is 2. The number of nitrogens with one attached hydrogen (secondary N) is 4. The quantitative estimate of drug-likeness (QED) is 0.0289. The monoisotopic (exact) mass is 678 g/mol. The highest BCUT2D eigenvalue weighted by Gasteiger charge is 2.08. The second kappa shape index (κ2) is 21.6. The predicted molar refractivity (Wildman–Crippen MR) is 183 cm³/mol. The summed E-state index contributed by atoms with van der Waals surface area (Å²) in [7, 11) is 0. The van der Waals surface area contributed by atoms with Gasteiger partial charge in [-0.25, -0.2) is 9.13 Å². The molecule has 248 valence electrons. The van der Waals surface area contributed by atoms with Crippen molar-refractivity contribution < 1.29 is 32.9 Å². The van der Waals surface area contributed by atoms with Crippen LogP contribution < -0.4 is 30.8 Å². The third-order valence-electron chi connectivity index (χ3n) is 6.66. The third kappa shape index (κ3) is 13.6. The number of amides is 2. The molecule has 0 atom stereocenters. The number of anilines is 2. The molecule has 0 aliphatic heterocycles. The highest BCUT2D eigenvalue weighted by Crippen LogP contribution is 2.30. The van der Waals surface area contributed by atoms with E-state index in [1.807, 2.05) is 73.1 Å². The van der Waals surface area contributed by atoms with Crippen molar-refractivity contribution in [3.8, 4) is 0 Å². The number of carbonyl (C=O) groups excluding carboxylic acids is 2. The lowest BCUT2D eigenvalue weighted by Crippen LogP contribution is -2.36. The van der Waals surface area contributed by atoms with Crippen LogP contribution in [0.15, 0.2) is 107 Å². The molecule has 0 fully saturated rings. The van der Waals surface area contributed by atoms with Gasteiger partial charge in [-0.3, -0.25) is 31.3 Å². The minimum atomic E-state index is 0.523. The van der Waals surface area contributed by atoms with Gasteiger partial charge in [0.25, 0.3) is 0 Å². The Morgan fingerprint density at radius 1 is 0.553 bits per heavy atom. The second-order valence-corrected chi connectivity index (χ2v) is 12.1. The highest BCUT2D eigenvalue weighted by molar-refractivity contribution is 7.99. The molecule has 4 rings (SSSR count).